The molecule has 1 amide bonds. The molecule has 1 aromatic carbocycles. The van der Waals surface area contributed by atoms with Crippen LogP contribution in [0.5, 0.6) is 0 Å². The van der Waals surface area contributed by atoms with Gasteiger partial charge >= 0.3 is 0 Å². The molecule has 0 spiro atoms. The molecule has 6 heteroatoms. The van der Waals surface area contributed by atoms with Gasteiger partial charge in [-0.15, -0.1) is 0 Å². The van der Waals surface area contributed by atoms with Crippen LogP contribution in [0.15, 0.2) is 53.6 Å². The van der Waals surface area contributed by atoms with Crippen molar-refractivity contribution in [2.75, 3.05) is 6.54 Å². The lowest BCUT2D eigenvalue weighted by molar-refractivity contribution is 0.0951. The number of carbonyl (C=O) groups is 1. The molecule has 0 unspecified atom stereocenters. The topological polar surface area (TPSA) is 76.9 Å². The molecule has 6 nitrogen and oxygen atoms in total. The predicted octanol–water partition coefficient (Wildman–Crippen LogP) is 1.53. The summed E-state index contributed by atoms with van der Waals surface area (Å²) in [5.74, 6) is 0.418. The molecule has 0 aliphatic rings. The van der Waals surface area contributed by atoms with Gasteiger partial charge in [0.2, 0.25) is 0 Å². The van der Waals surface area contributed by atoms with Crippen molar-refractivity contribution in [3.05, 3.63) is 70.5 Å². The molecular formula is C17H16N4O2. The molecule has 2 aromatic heterocycles. The summed E-state index contributed by atoms with van der Waals surface area (Å²) in [6, 6.07) is 10.6. The number of hydrogen-bond donors (Lipinski definition) is 1. The maximum absolute atomic E-state index is 12.5. The van der Waals surface area contributed by atoms with Gasteiger partial charge in [0, 0.05) is 25.5 Å². The van der Waals surface area contributed by atoms with Crippen molar-refractivity contribution >= 4 is 16.8 Å². The summed E-state index contributed by atoms with van der Waals surface area (Å²) in [7, 11) is 0. The van der Waals surface area contributed by atoms with Crippen LogP contribution in [0.1, 0.15) is 16.2 Å². The zero-order valence-corrected chi connectivity index (χ0v) is 12.7. The number of rotatable bonds is 4. The van der Waals surface area contributed by atoms with Crippen molar-refractivity contribution in [1.82, 2.24) is 19.9 Å². The third kappa shape index (κ3) is 3.11. The Labute approximate surface area is 132 Å². The second-order valence-corrected chi connectivity index (χ2v) is 5.13. The minimum atomic E-state index is -0.211. The first-order valence-corrected chi connectivity index (χ1v) is 7.31. The Bertz CT molecular complexity index is 903. The lowest BCUT2D eigenvalue weighted by atomic mass is 10.2. The fourth-order valence-electron chi connectivity index (χ4n) is 2.42. The zero-order chi connectivity index (χ0) is 16.2. The van der Waals surface area contributed by atoms with E-state index in [-0.39, 0.29) is 11.5 Å². The Morgan fingerprint density at radius 2 is 2.04 bits per heavy atom. The van der Waals surface area contributed by atoms with Crippen LogP contribution in [-0.2, 0) is 6.54 Å². The molecule has 0 aliphatic carbocycles. The largest absolute Gasteiger partial charge is 0.350 e. The number of pyridine rings is 1. The molecule has 3 rings (SSSR count). The van der Waals surface area contributed by atoms with Gasteiger partial charge < -0.3 is 5.32 Å². The van der Waals surface area contributed by atoms with Crippen LogP contribution < -0.4 is 10.9 Å². The van der Waals surface area contributed by atoms with Crippen molar-refractivity contribution < 1.29 is 4.79 Å². The normalized spacial score (nSPS) is 10.7. The first-order chi connectivity index (χ1) is 11.2. The maximum Gasteiger partial charge on any atom is 0.261 e. The van der Waals surface area contributed by atoms with Crippen molar-refractivity contribution in [2.24, 2.45) is 0 Å². The molecule has 0 fully saturated rings. The molecule has 0 bridgehead atoms. The van der Waals surface area contributed by atoms with E-state index in [1.54, 1.807) is 35.9 Å². The molecular weight excluding hydrogens is 292 g/mol. The fourth-order valence-corrected chi connectivity index (χ4v) is 2.42. The van der Waals surface area contributed by atoms with Gasteiger partial charge in [0.05, 0.1) is 16.5 Å². The summed E-state index contributed by atoms with van der Waals surface area (Å²) >= 11 is 0. The number of amides is 1. The Hall–Kier alpha value is -3.02. The number of aromatic nitrogens is 3. The molecule has 0 aliphatic heterocycles. The molecule has 23 heavy (non-hydrogen) atoms. The van der Waals surface area contributed by atoms with Gasteiger partial charge in [0.25, 0.3) is 11.5 Å². The lowest BCUT2D eigenvalue weighted by Crippen LogP contribution is -2.32. The Morgan fingerprint density at radius 3 is 2.83 bits per heavy atom. The average Bonchev–Trinajstić information content (AvgIpc) is 2.58. The summed E-state index contributed by atoms with van der Waals surface area (Å²) in [5.41, 5.74) is 1.09. The van der Waals surface area contributed by atoms with Gasteiger partial charge in [0.1, 0.15) is 5.82 Å². The van der Waals surface area contributed by atoms with Gasteiger partial charge in [-0.2, -0.15) is 0 Å². The molecule has 0 saturated carbocycles. The zero-order valence-electron chi connectivity index (χ0n) is 12.7. The van der Waals surface area contributed by atoms with Crippen LogP contribution >= 0.6 is 0 Å². The van der Waals surface area contributed by atoms with Crippen molar-refractivity contribution in [3.63, 3.8) is 0 Å². The SMILES string of the molecule is Cc1nc2ccccc2c(=O)n1CCNC(=O)c1cccnc1. The fraction of sp³-hybridized carbons (Fsp3) is 0.176. The van der Waals surface area contributed by atoms with Crippen LogP contribution in [0.3, 0.4) is 0 Å². The number of benzene rings is 1. The highest BCUT2D eigenvalue weighted by Crippen LogP contribution is 2.07. The van der Waals surface area contributed by atoms with Gasteiger partial charge in [-0.05, 0) is 31.2 Å². The first-order valence-electron chi connectivity index (χ1n) is 7.31. The highest BCUT2D eigenvalue weighted by atomic mass is 16.1. The Balaban J connectivity index is 1.75. The molecule has 3 aromatic rings. The van der Waals surface area contributed by atoms with Gasteiger partial charge in [-0.3, -0.25) is 19.1 Å². The van der Waals surface area contributed by atoms with Crippen LogP contribution in [-0.4, -0.2) is 27.0 Å². The van der Waals surface area contributed by atoms with E-state index >= 15 is 0 Å². The number of fused-ring (bicyclic) bond motifs is 1. The van der Waals surface area contributed by atoms with E-state index in [0.29, 0.717) is 35.4 Å². The quantitative estimate of drug-likeness (QED) is 0.793. The van der Waals surface area contributed by atoms with E-state index in [1.165, 1.54) is 6.20 Å². The summed E-state index contributed by atoms with van der Waals surface area (Å²) in [6.07, 6.45) is 3.12. The second-order valence-electron chi connectivity index (χ2n) is 5.13. The van der Waals surface area contributed by atoms with Crippen molar-refractivity contribution in [3.8, 4) is 0 Å². The van der Waals surface area contributed by atoms with Gasteiger partial charge in [-0.1, -0.05) is 12.1 Å². The number of nitrogens with one attached hydrogen (secondary N) is 1. The van der Waals surface area contributed by atoms with Crippen LogP contribution in [0.2, 0.25) is 0 Å². The third-order valence-corrected chi connectivity index (χ3v) is 3.60. The van der Waals surface area contributed by atoms with E-state index in [1.807, 2.05) is 18.2 Å². The number of hydrogen-bond acceptors (Lipinski definition) is 4. The number of para-hydroxylation sites is 1. The van der Waals surface area contributed by atoms with Crippen molar-refractivity contribution in [1.29, 1.82) is 0 Å². The van der Waals surface area contributed by atoms with Crippen molar-refractivity contribution in [2.45, 2.75) is 13.5 Å². The molecule has 0 atom stereocenters. The number of aryl methyl sites for hydroxylation is 1. The van der Waals surface area contributed by atoms with E-state index in [0.717, 1.165) is 0 Å². The number of nitrogens with zero attached hydrogens (tertiary/aromatic N) is 3. The monoisotopic (exact) mass is 308 g/mol. The molecule has 116 valence electrons. The van der Waals surface area contributed by atoms with E-state index in [4.69, 9.17) is 0 Å². The van der Waals surface area contributed by atoms with E-state index < -0.39 is 0 Å². The van der Waals surface area contributed by atoms with Crippen LogP contribution in [0.25, 0.3) is 10.9 Å². The summed E-state index contributed by atoms with van der Waals surface area (Å²) < 4.78 is 1.58. The highest BCUT2D eigenvalue weighted by Gasteiger charge is 2.08. The highest BCUT2D eigenvalue weighted by molar-refractivity contribution is 5.93. The summed E-state index contributed by atoms with van der Waals surface area (Å²) in [5, 5.41) is 3.36. The van der Waals surface area contributed by atoms with Crippen LogP contribution in [0, 0.1) is 6.92 Å². The Kier molecular flexibility index (Phi) is 4.14. The molecule has 0 saturated heterocycles. The minimum absolute atomic E-state index is 0.0938. The second kappa shape index (κ2) is 6.39. The third-order valence-electron chi connectivity index (χ3n) is 3.60. The van der Waals surface area contributed by atoms with Gasteiger partial charge in [0.15, 0.2) is 0 Å². The maximum atomic E-state index is 12.5. The molecule has 1 N–H and O–H groups in total. The minimum Gasteiger partial charge on any atom is -0.350 e. The van der Waals surface area contributed by atoms with E-state index in [9.17, 15) is 9.59 Å². The Morgan fingerprint density at radius 1 is 1.22 bits per heavy atom. The lowest BCUT2D eigenvalue weighted by Gasteiger charge is -2.11. The number of carbonyl (C=O) groups excluding carboxylic acids is 1. The molecule has 0 radical (unpaired) electrons. The van der Waals surface area contributed by atoms with E-state index in [2.05, 4.69) is 15.3 Å². The van der Waals surface area contributed by atoms with Crippen LogP contribution in [0.4, 0.5) is 0 Å². The smallest absolute Gasteiger partial charge is 0.261 e. The average molecular weight is 308 g/mol. The predicted molar refractivity (Wildman–Crippen MR) is 87.3 cm³/mol. The summed E-state index contributed by atoms with van der Waals surface area (Å²) in [4.78, 5) is 32.8. The molecule has 2 heterocycles. The standard InChI is InChI=1S/C17H16N4O2/c1-12-20-15-7-3-2-6-14(15)17(23)21(12)10-9-19-16(22)13-5-4-8-18-11-13/h2-8,11H,9-10H2,1H3,(H,19,22). The first kappa shape index (κ1) is 14.9. The summed E-state index contributed by atoms with van der Waals surface area (Å²) in [6.45, 7) is 2.50. The van der Waals surface area contributed by atoms with Gasteiger partial charge in [-0.25, -0.2) is 4.98 Å².